The van der Waals surface area contributed by atoms with E-state index in [-0.39, 0.29) is 0 Å². The van der Waals surface area contributed by atoms with E-state index in [0.717, 1.165) is 37.0 Å². The summed E-state index contributed by atoms with van der Waals surface area (Å²) in [5.74, 6) is 3.00. The van der Waals surface area contributed by atoms with E-state index in [0.29, 0.717) is 6.54 Å². The standard InChI is InChI=1S/C13H24N4/c1-2-9-17-12(15-16-13(17)10-14)8-7-11-5-3-4-6-11/h11H,2-10,14H2,1H3. The quantitative estimate of drug-likeness (QED) is 0.824. The molecule has 4 heteroatoms. The first-order valence-electron chi connectivity index (χ1n) is 6.96. The maximum atomic E-state index is 5.69. The molecule has 1 aromatic rings. The minimum absolute atomic E-state index is 0.496. The molecule has 0 spiro atoms. The minimum Gasteiger partial charge on any atom is -0.324 e. The third-order valence-electron chi connectivity index (χ3n) is 3.78. The number of aromatic nitrogens is 3. The van der Waals surface area contributed by atoms with Gasteiger partial charge in [0.05, 0.1) is 6.54 Å². The molecular weight excluding hydrogens is 212 g/mol. The van der Waals surface area contributed by atoms with Crippen LogP contribution in [0.5, 0.6) is 0 Å². The van der Waals surface area contributed by atoms with Crippen molar-refractivity contribution in [1.82, 2.24) is 14.8 Å². The van der Waals surface area contributed by atoms with Gasteiger partial charge >= 0.3 is 0 Å². The van der Waals surface area contributed by atoms with E-state index >= 15 is 0 Å². The van der Waals surface area contributed by atoms with E-state index in [2.05, 4.69) is 21.7 Å². The van der Waals surface area contributed by atoms with E-state index in [1.54, 1.807) is 0 Å². The molecule has 96 valence electrons. The van der Waals surface area contributed by atoms with Crippen molar-refractivity contribution in [2.45, 2.75) is 65.0 Å². The predicted octanol–water partition coefficient (Wildman–Crippen LogP) is 2.27. The van der Waals surface area contributed by atoms with Crippen LogP contribution in [0, 0.1) is 5.92 Å². The van der Waals surface area contributed by atoms with Gasteiger partial charge in [-0.3, -0.25) is 0 Å². The normalized spacial score (nSPS) is 16.8. The second kappa shape index (κ2) is 6.15. The molecule has 1 heterocycles. The second-order valence-corrected chi connectivity index (χ2v) is 5.08. The predicted molar refractivity (Wildman–Crippen MR) is 68.5 cm³/mol. The van der Waals surface area contributed by atoms with E-state index in [1.807, 2.05) is 0 Å². The zero-order valence-corrected chi connectivity index (χ0v) is 10.9. The number of hydrogen-bond donors (Lipinski definition) is 1. The summed E-state index contributed by atoms with van der Waals surface area (Å²) < 4.78 is 2.22. The monoisotopic (exact) mass is 236 g/mol. The van der Waals surface area contributed by atoms with Gasteiger partial charge in [-0.25, -0.2) is 0 Å². The summed E-state index contributed by atoms with van der Waals surface area (Å²) in [5, 5.41) is 8.49. The van der Waals surface area contributed by atoms with Crippen LogP contribution in [-0.2, 0) is 19.5 Å². The molecule has 2 rings (SSSR count). The Bertz CT molecular complexity index is 339. The van der Waals surface area contributed by atoms with Crippen molar-refractivity contribution in [1.29, 1.82) is 0 Å². The molecule has 0 unspecified atom stereocenters. The van der Waals surface area contributed by atoms with Crippen LogP contribution in [-0.4, -0.2) is 14.8 Å². The SMILES string of the molecule is CCCn1c(CN)nnc1CCC1CCCC1. The molecule has 0 aromatic carbocycles. The Morgan fingerprint density at radius 3 is 2.59 bits per heavy atom. The third kappa shape index (κ3) is 3.06. The van der Waals surface area contributed by atoms with Crippen LogP contribution in [0.2, 0.25) is 0 Å². The van der Waals surface area contributed by atoms with Gasteiger partial charge in [-0.2, -0.15) is 0 Å². The Morgan fingerprint density at radius 1 is 1.24 bits per heavy atom. The summed E-state index contributed by atoms with van der Waals surface area (Å²) in [6.07, 6.45) is 9.10. The molecule has 1 fully saturated rings. The Balaban J connectivity index is 1.96. The maximum absolute atomic E-state index is 5.69. The zero-order valence-electron chi connectivity index (χ0n) is 10.9. The Labute approximate surface area is 104 Å². The molecule has 1 aliphatic rings. The topological polar surface area (TPSA) is 56.7 Å². The molecule has 1 aliphatic carbocycles. The van der Waals surface area contributed by atoms with Crippen molar-refractivity contribution in [2.75, 3.05) is 0 Å². The highest BCUT2D eigenvalue weighted by molar-refractivity contribution is 4.96. The van der Waals surface area contributed by atoms with Crippen LogP contribution in [0.3, 0.4) is 0 Å². The van der Waals surface area contributed by atoms with Crippen molar-refractivity contribution >= 4 is 0 Å². The number of nitrogens with two attached hydrogens (primary N) is 1. The summed E-state index contributed by atoms with van der Waals surface area (Å²) in [7, 11) is 0. The van der Waals surface area contributed by atoms with Gasteiger partial charge in [0.2, 0.25) is 0 Å². The lowest BCUT2D eigenvalue weighted by Gasteiger charge is -2.10. The summed E-state index contributed by atoms with van der Waals surface area (Å²) in [6.45, 7) is 3.68. The lowest BCUT2D eigenvalue weighted by molar-refractivity contribution is 0.485. The van der Waals surface area contributed by atoms with Crippen LogP contribution in [0.4, 0.5) is 0 Å². The maximum Gasteiger partial charge on any atom is 0.146 e. The van der Waals surface area contributed by atoms with Crippen molar-refractivity contribution in [2.24, 2.45) is 11.7 Å². The molecule has 0 aliphatic heterocycles. The van der Waals surface area contributed by atoms with Crippen LogP contribution >= 0.6 is 0 Å². The first kappa shape index (κ1) is 12.6. The molecule has 2 N–H and O–H groups in total. The molecule has 4 nitrogen and oxygen atoms in total. The second-order valence-electron chi connectivity index (χ2n) is 5.08. The van der Waals surface area contributed by atoms with E-state index in [1.165, 1.54) is 32.1 Å². The highest BCUT2D eigenvalue weighted by Crippen LogP contribution is 2.28. The fourth-order valence-electron chi connectivity index (χ4n) is 2.82. The number of hydrogen-bond acceptors (Lipinski definition) is 3. The highest BCUT2D eigenvalue weighted by atomic mass is 15.3. The van der Waals surface area contributed by atoms with Crippen LogP contribution in [0.15, 0.2) is 0 Å². The van der Waals surface area contributed by atoms with Gasteiger partial charge in [-0.1, -0.05) is 32.6 Å². The van der Waals surface area contributed by atoms with Gasteiger partial charge in [-0.05, 0) is 18.8 Å². The first-order chi connectivity index (χ1) is 8.35. The van der Waals surface area contributed by atoms with Gasteiger partial charge in [0.25, 0.3) is 0 Å². The van der Waals surface area contributed by atoms with Crippen molar-refractivity contribution in [3.8, 4) is 0 Å². The first-order valence-corrected chi connectivity index (χ1v) is 6.96. The summed E-state index contributed by atoms with van der Waals surface area (Å²) >= 11 is 0. The molecule has 0 amide bonds. The molecule has 0 saturated heterocycles. The molecular formula is C13H24N4. The number of aryl methyl sites for hydroxylation is 1. The van der Waals surface area contributed by atoms with Gasteiger partial charge < -0.3 is 10.3 Å². The molecule has 1 saturated carbocycles. The zero-order chi connectivity index (χ0) is 12.1. The lowest BCUT2D eigenvalue weighted by atomic mass is 10.0. The average Bonchev–Trinajstić information content (AvgIpc) is 2.96. The van der Waals surface area contributed by atoms with Crippen LogP contribution < -0.4 is 5.73 Å². The van der Waals surface area contributed by atoms with E-state index in [9.17, 15) is 0 Å². The molecule has 0 bridgehead atoms. The fourth-order valence-corrected chi connectivity index (χ4v) is 2.82. The summed E-state index contributed by atoms with van der Waals surface area (Å²) in [5.41, 5.74) is 5.69. The lowest BCUT2D eigenvalue weighted by Crippen LogP contribution is -2.11. The van der Waals surface area contributed by atoms with Gasteiger partial charge in [0.15, 0.2) is 0 Å². The molecule has 1 aromatic heterocycles. The Hall–Kier alpha value is -0.900. The third-order valence-corrected chi connectivity index (χ3v) is 3.78. The smallest absolute Gasteiger partial charge is 0.146 e. The summed E-state index contributed by atoms with van der Waals surface area (Å²) in [4.78, 5) is 0. The van der Waals surface area contributed by atoms with Gasteiger partial charge in [0, 0.05) is 13.0 Å². The molecule has 0 atom stereocenters. The van der Waals surface area contributed by atoms with Crippen molar-refractivity contribution < 1.29 is 0 Å². The fraction of sp³-hybridized carbons (Fsp3) is 0.846. The number of nitrogens with zero attached hydrogens (tertiary/aromatic N) is 3. The number of rotatable bonds is 6. The van der Waals surface area contributed by atoms with E-state index < -0.39 is 0 Å². The molecule has 17 heavy (non-hydrogen) atoms. The Morgan fingerprint density at radius 2 is 1.94 bits per heavy atom. The van der Waals surface area contributed by atoms with Gasteiger partial charge in [-0.15, -0.1) is 10.2 Å². The average molecular weight is 236 g/mol. The highest BCUT2D eigenvalue weighted by Gasteiger charge is 2.17. The van der Waals surface area contributed by atoms with Crippen molar-refractivity contribution in [3.63, 3.8) is 0 Å². The summed E-state index contributed by atoms with van der Waals surface area (Å²) in [6, 6.07) is 0. The Kier molecular flexibility index (Phi) is 4.54. The van der Waals surface area contributed by atoms with Gasteiger partial charge in [0.1, 0.15) is 11.6 Å². The van der Waals surface area contributed by atoms with Crippen molar-refractivity contribution in [3.05, 3.63) is 11.6 Å². The van der Waals surface area contributed by atoms with Crippen LogP contribution in [0.1, 0.15) is 57.1 Å². The largest absolute Gasteiger partial charge is 0.324 e. The van der Waals surface area contributed by atoms with Crippen LogP contribution in [0.25, 0.3) is 0 Å². The molecule has 0 radical (unpaired) electrons. The minimum atomic E-state index is 0.496. The van der Waals surface area contributed by atoms with E-state index in [4.69, 9.17) is 5.73 Å².